The molecule has 1 atom stereocenters. The van der Waals surface area contributed by atoms with E-state index in [1.165, 1.54) is 29.2 Å². The first-order chi connectivity index (χ1) is 13.4. The molecular weight excluding hydrogens is 371 g/mol. The Labute approximate surface area is 159 Å². The van der Waals surface area contributed by atoms with Crippen molar-refractivity contribution < 1.29 is 22.7 Å². The van der Waals surface area contributed by atoms with Crippen molar-refractivity contribution in [1.29, 1.82) is 0 Å². The van der Waals surface area contributed by atoms with E-state index in [2.05, 4.69) is 10.4 Å². The third-order valence-corrected chi connectivity index (χ3v) is 4.02. The number of halogens is 3. The minimum atomic E-state index is -4.65. The summed E-state index contributed by atoms with van der Waals surface area (Å²) in [5.41, 5.74) is -1.05. The summed E-state index contributed by atoms with van der Waals surface area (Å²) < 4.78 is 47.5. The third kappa shape index (κ3) is 4.51. The standard InChI is InChI=1S/C20H18F3N3O2/c1-2-18(28-15-7-4-3-5-8-15)19(27)25-17-10-9-14(26-12-6-11-24-26)13-16(17)20(21,22)23/h3-13,18H,2H2,1H3,(H,25,27). The number of hydrogen-bond donors (Lipinski definition) is 1. The predicted octanol–water partition coefficient (Wildman–Crippen LogP) is 4.69. The second kappa shape index (κ2) is 8.16. The van der Waals surface area contributed by atoms with Gasteiger partial charge < -0.3 is 10.1 Å². The average Bonchev–Trinajstić information content (AvgIpc) is 3.21. The lowest BCUT2D eigenvalue weighted by atomic mass is 10.1. The molecule has 2 aromatic carbocycles. The number of ether oxygens (including phenoxy) is 1. The SMILES string of the molecule is CCC(Oc1ccccc1)C(=O)Nc1ccc(-n2cccn2)cc1C(F)(F)F. The maximum absolute atomic E-state index is 13.5. The molecule has 1 N–H and O–H groups in total. The second-order valence-electron chi connectivity index (χ2n) is 6.00. The minimum Gasteiger partial charge on any atom is -0.481 e. The topological polar surface area (TPSA) is 56.1 Å². The van der Waals surface area contributed by atoms with Crippen LogP contribution in [0.15, 0.2) is 67.0 Å². The third-order valence-electron chi connectivity index (χ3n) is 4.02. The van der Waals surface area contributed by atoms with Gasteiger partial charge in [0.1, 0.15) is 5.75 Å². The molecular formula is C20H18F3N3O2. The quantitative estimate of drug-likeness (QED) is 0.666. The first kappa shape index (κ1) is 19.5. The highest BCUT2D eigenvalue weighted by molar-refractivity contribution is 5.95. The summed E-state index contributed by atoms with van der Waals surface area (Å²) in [7, 11) is 0. The van der Waals surface area contributed by atoms with Crippen LogP contribution in [-0.2, 0) is 11.0 Å². The Hall–Kier alpha value is -3.29. The van der Waals surface area contributed by atoms with Crippen molar-refractivity contribution in [1.82, 2.24) is 9.78 Å². The van der Waals surface area contributed by atoms with E-state index in [9.17, 15) is 18.0 Å². The molecule has 0 aliphatic heterocycles. The van der Waals surface area contributed by atoms with Crippen LogP contribution in [0.4, 0.5) is 18.9 Å². The Kier molecular flexibility index (Phi) is 5.67. The monoisotopic (exact) mass is 389 g/mol. The summed E-state index contributed by atoms with van der Waals surface area (Å²) in [5.74, 6) is -0.182. The van der Waals surface area contributed by atoms with Gasteiger partial charge in [-0.1, -0.05) is 25.1 Å². The highest BCUT2D eigenvalue weighted by atomic mass is 19.4. The summed E-state index contributed by atoms with van der Waals surface area (Å²) >= 11 is 0. The van der Waals surface area contributed by atoms with Gasteiger partial charge in [0.2, 0.25) is 0 Å². The summed E-state index contributed by atoms with van der Waals surface area (Å²) in [5, 5.41) is 6.28. The number of carbonyl (C=O) groups excluding carboxylic acids is 1. The van der Waals surface area contributed by atoms with E-state index in [0.29, 0.717) is 12.2 Å². The van der Waals surface area contributed by atoms with E-state index in [0.717, 1.165) is 6.07 Å². The Balaban J connectivity index is 1.84. The van der Waals surface area contributed by atoms with Gasteiger partial charge in [-0.25, -0.2) is 4.68 Å². The van der Waals surface area contributed by atoms with Crippen LogP contribution >= 0.6 is 0 Å². The summed E-state index contributed by atoms with van der Waals surface area (Å²) in [6, 6.07) is 13.9. The molecule has 0 bridgehead atoms. The Morgan fingerprint density at radius 1 is 1.18 bits per heavy atom. The highest BCUT2D eigenvalue weighted by Gasteiger charge is 2.35. The number of aromatic nitrogens is 2. The summed E-state index contributed by atoms with van der Waals surface area (Å²) in [4.78, 5) is 12.5. The first-order valence-electron chi connectivity index (χ1n) is 8.62. The minimum absolute atomic E-state index is 0.239. The normalized spacial score (nSPS) is 12.4. The number of anilines is 1. The van der Waals surface area contributed by atoms with Crippen LogP contribution in [0.25, 0.3) is 5.69 Å². The number of rotatable bonds is 6. The molecule has 146 valence electrons. The van der Waals surface area contributed by atoms with Crippen LogP contribution in [-0.4, -0.2) is 21.8 Å². The van der Waals surface area contributed by atoms with Crippen molar-refractivity contribution >= 4 is 11.6 Å². The molecule has 3 aromatic rings. The number of para-hydroxylation sites is 1. The molecule has 0 saturated carbocycles. The van der Waals surface area contributed by atoms with E-state index in [1.54, 1.807) is 43.3 Å². The molecule has 3 rings (SSSR count). The predicted molar refractivity (Wildman–Crippen MR) is 98.3 cm³/mol. The van der Waals surface area contributed by atoms with Crippen molar-refractivity contribution in [3.8, 4) is 11.4 Å². The van der Waals surface area contributed by atoms with Crippen molar-refractivity contribution in [2.45, 2.75) is 25.6 Å². The van der Waals surface area contributed by atoms with Gasteiger partial charge in [0.25, 0.3) is 5.91 Å². The molecule has 28 heavy (non-hydrogen) atoms. The van der Waals surface area contributed by atoms with E-state index >= 15 is 0 Å². The summed E-state index contributed by atoms with van der Waals surface area (Å²) in [6.45, 7) is 1.72. The van der Waals surface area contributed by atoms with E-state index in [1.807, 2.05) is 0 Å². The van der Waals surface area contributed by atoms with E-state index < -0.39 is 23.8 Å². The molecule has 0 saturated heterocycles. The number of benzene rings is 2. The maximum Gasteiger partial charge on any atom is 0.418 e. The number of nitrogens with zero attached hydrogens (tertiary/aromatic N) is 2. The zero-order valence-corrected chi connectivity index (χ0v) is 15.0. The van der Waals surface area contributed by atoms with Gasteiger partial charge in [0, 0.05) is 12.4 Å². The van der Waals surface area contributed by atoms with Crippen molar-refractivity contribution in [3.63, 3.8) is 0 Å². The average molecular weight is 389 g/mol. The van der Waals surface area contributed by atoms with Crippen molar-refractivity contribution in [2.24, 2.45) is 0 Å². The van der Waals surface area contributed by atoms with Crippen molar-refractivity contribution in [3.05, 3.63) is 72.6 Å². The Morgan fingerprint density at radius 2 is 1.93 bits per heavy atom. The van der Waals surface area contributed by atoms with Crippen LogP contribution in [0.2, 0.25) is 0 Å². The van der Waals surface area contributed by atoms with Gasteiger partial charge in [-0.05, 0) is 42.8 Å². The fourth-order valence-corrected chi connectivity index (χ4v) is 2.64. The largest absolute Gasteiger partial charge is 0.481 e. The number of nitrogens with one attached hydrogen (secondary N) is 1. The molecule has 1 unspecified atom stereocenters. The van der Waals surface area contributed by atoms with E-state index in [4.69, 9.17) is 4.74 Å². The molecule has 1 heterocycles. The van der Waals surface area contributed by atoms with Crippen LogP contribution in [0, 0.1) is 0 Å². The first-order valence-corrected chi connectivity index (χ1v) is 8.62. The lowest BCUT2D eigenvalue weighted by Gasteiger charge is -2.20. The highest BCUT2D eigenvalue weighted by Crippen LogP contribution is 2.36. The van der Waals surface area contributed by atoms with Crippen LogP contribution < -0.4 is 10.1 Å². The molecule has 1 amide bonds. The van der Waals surface area contributed by atoms with E-state index in [-0.39, 0.29) is 11.4 Å². The second-order valence-corrected chi connectivity index (χ2v) is 6.00. The van der Waals surface area contributed by atoms with Gasteiger partial charge >= 0.3 is 6.18 Å². The molecule has 5 nitrogen and oxygen atoms in total. The number of amides is 1. The molecule has 0 spiro atoms. The van der Waals surface area contributed by atoms with Gasteiger partial charge in [0.15, 0.2) is 6.10 Å². The lowest BCUT2D eigenvalue weighted by Crippen LogP contribution is -2.33. The van der Waals surface area contributed by atoms with Gasteiger partial charge in [-0.15, -0.1) is 0 Å². The number of alkyl halides is 3. The van der Waals surface area contributed by atoms with Crippen LogP contribution in [0.5, 0.6) is 5.75 Å². The fraction of sp³-hybridized carbons (Fsp3) is 0.200. The molecule has 0 fully saturated rings. The zero-order valence-electron chi connectivity index (χ0n) is 15.0. The van der Waals surface area contributed by atoms with Crippen molar-refractivity contribution in [2.75, 3.05) is 5.32 Å². The number of carbonyl (C=O) groups is 1. The summed E-state index contributed by atoms with van der Waals surface area (Å²) in [6.07, 6.45) is -2.26. The van der Waals surface area contributed by atoms with Crippen LogP contribution in [0.3, 0.4) is 0 Å². The molecule has 0 aliphatic carbocycles. The van der Waals surface area contributed by atoms with Gasteiger partial charge in [0.05, 0.1) is 16.9 Å². The van der Waals surface area contributed by atoms with Crippen LogP contribution in [0.1, 0.15) is 18.9 Å². The zero-order chi connectivity index (χ0) is 20.1. The van der Waals surface area contributed by atoms with Gasteiger partial charge in [-0.3, -0.25) is 4.79 Å². The smallest absolute Gasteiger partial charge is 0.418 e. The molecule has 0 radical (unpaired) electrons. The Bertz CT molecular complexity index is 926. The van der Waals surface area contributed by atoms with Gasteiger partial charge in [-0.2, -0.15) is 18.3 Å². The number of hydrogen-bond acceptors (Lipinski definition) is 3. The molecule has 1 aromatic heterocycles. The Morgan fingerprint density at radius 3 is 2.54 bits per heavy atom. The molecule has 0 aliphatic rings. The fourth-order valence-electron chi connectivity index (χ4n) is 2.64. The maximum atomic E-state index is 13.5. The lowest BCUT2D eigenvalue weighted by molar-refractivity contribution is -0.137. The molecule has 8 heteroatoms.